The number of halogens is 1. The fraction of sp³-hybridized carbons (Fsp3) is 0. The van der Waals surface area contributed by atoms with Crippen LogP contribution in [-0.4, -0.2) is 21.3 Å². The average molecular weight is 416 g/mol. The maximum Gasteiger partial charge on any atom is 0.209 e. The summed E-state index contributed by atoms with van der Waals surface area (Å²) in [5.41, 5.74) is 4.46. The molecule has 0 aliphatic heterocycles. The van der Waals surface area contributed by atoms with E-state index in [0.29, 0.717) is 10.2 Å². The van der Waals surface area contributed by atoms with E-state index >= 15 is 0 Å². The number of rotatable bonds is 3. The molecule has 0 fully saturated rings. The molecule has 0 atom stereocenters. The van der Waals surface area contributed by atoms with Crippen LogP contribution in [0.1, 0.15) is 5.56 Å². The molecule has 5 rings (SSSR count). The molecule has 0 amide bonds. The Balaban J connectivity index is 1.50. The van der Waals surface area contributed by atoms with E-state index in [-0.39, 0.29) is 5.75 Å². The van der Waals surface area contributed by atoms with Crippen LogP contribution in [0.15, 0.2) is 77.1 Å². The largest absolute Gasteiger partial charge is 0.508 e. The molecule has 3 aromatic carbocycles. The third-order valence-corrected chi connectivity index (χ3v) is 5.78. The lowest BCUT2D eigenvalue weighted by Crippen LogP contribution is -1.86. The van der Waals surface area contributed by atoms with Gasteiger partial charge in [0.1, 0.15) is 5.75 Å². The van der Waals surface area contributed by atoms with Gasteiger partial charge in [0, 0.05) is 27.9 Å². The van der Waals surface area contributed by atoms with Gasteiger partial charge in [-0.05, 0) is 48.0 Å². The van der Waals surface area contributed by atoms with E-state index in [2.05, 4.69) is 9.98 Å². The summed E-state index contributed by atoms with van der Waals surface area (Å²) >= 11 is 8.14. The topological polar surface area (TPSA) is 58.4 Å². The van der Waals surface area contributed by atoms with Gasteiger partial charge in [0.25, 0.3) is 0 Å². The van der Waals surface area contributed by atoms with E-state index in [0.717, 1.165) is 38.6 Å². The van der Waals surface area contributed by atoms with Gasteiger partial charge in [-0.1, -0.05) is 35.9 Å². The van der Waals surface area contributed by atoms with Crippen molar-refractivity contribution in [1.29, 1.82) is 0 Å². The first kappa shape index (κ1) is 17.8. The summed E-state index contributed by atoms with van der Waals surface area (Å²) in [6.07, 6.45) is 1.73. The Kier molecular flexibility index (Phi) is 4.46. The van der Waals surface area contributed by atoms with Gasteiger partial charge in [-0.2, -0.15) is 0 Å². The molecular weight excluding hydrogens is 402 g/mol. The SMILES string of the molecule is Oc1ccc(/C=N/c2nc(-c3ccc4nc5ccccc5c(Cl)c4c3)cs2)cc1. The summed E-state index contributed by atoms with van der Waals surface area (Å²) in [6.45, 7) is 0. The molecule has 0 saturated carbocycles. The zero-order chi connectivity index (χ0) is 19.8. The molecule has 2 heterocycles. The molecule has 1 N–H and O–H groups in total. The minimum absolute atomic E-state index is 0.232. The van der Waals surface area contributed by atoms with Crippen LogP contribution in [-0.2, 0) is 0 Å². The van der Waals surface area contributed by atoms with Crippen molar-refractivity contribution in [2.75, 3.05) is 0 Å². The van der Waals surface area contributed by atoms with Gasteiger partial charge in [-0.25, -0.2) is 15.0 Å². The molecule has 0 bridgehead atoms. The Hall–Kier alpha value is -3.28. The number of aromatic hydroxyl groups is 1. The number of phenolic OH excluding ortho intramolecular Hbond substituents is 1. The second-order valence-electron chi connectivity index (χ2n) is 6.54. The van der Waals surface area contributed by atoms with Crippen LogP contribution in [0.4, 0.5) is 5.13 Å². The molecule has 140 valence electrons. The van der Waals surface area contributed by atoms with Crippen LogP contribution >= 0.6 is 22.9 Å². The lowest BCUT2D eigenvalue weighted by molar-refractivity contribution is 0.475. The lowest BCUT2D eigenvalue weighted by Gasteiger charge is -2.06. The van der Waals surface area contributed by atoms with Gasteiger partial charge in [0.15, 0.2) is 0 Å². The van der Waals surface area contributed by atoms with Crippen molar-refractivity contribution in [3.05, 3.63) is 82.7 Å². The number of pyridine rings is 1. The smallest absolute Gasteiger partial charge is 0.209 e. The number of phenols is 1. The van der Waals surface area contributed by atoms with Gasteiger partial charge in [-0.15, -0.1) is 11.3 Å². The van der Waals surface area contributed by atoms with Gasteiger partial charge in [0.2, 0.25) is 5.13 Å². The highest BCUT2D eigenvalue weighted by molar-refractivity contribution is 7.13. The van der Waals surface area contributed by atoms with Crippen LogP contribution in [0, 0.1) is 0 Å². The van der Waals surface area contributed by atoms with Crippen molar-refractivity contribution in [2.24, 2.45) is 4.99 Å². The van der Waals surface area contributed by atoms with Crippen LogP contribution < -0.4 is 0 Å². The molecule has 6 heteroatoms. The quantitative estimate of drug-likeness (QED) is 0.266. The summed E-state index contributed by atoms with van der Waals surface area (Å²) in [7, 11) is 0. The first-order valence-electron chi connectivity index (χ1n) is 8.94. The zero-order valence-electron chi connectivity index (χ0n) is 15.1. The Morgan fingerprint density at radius 1 is 0.897 bits per heavy atom. The van der Waals surface area contributed by atoms with Gasteiger partial charge >= 0.3 is 0 Å². The third-order valence-electron chi connectivity index (χ3n) is 4.62. The van der Waals surface area contributed by atoms with Crippen LogP contribution in [0.3, 0.4) is 0 Å². The molecule has 2 aromatic heterocycles. The van der Waals surface area contributed by atoms with E-state index in [1.54, 1.807) is 30.5 Å². The fourth-order valence-corrected chi connectivity index (χ4v) is 4.13. The normalized spacial score (nSPS) is 11.6. The van der Waals surface area contributed by atoms with Crippen LogP contribution in [0.25, 0.3) is 33.1 Å². The summed E-state index contributed by atoms with van der Waals surface area (Å²) in [4.78, 5) is 13.8. The number of para-hydroxylation sites is 1. The third kappa shape index (κ3) is 3.46. The first-order chi connectivity index (χ1) is 14.2. The number of hydrogen-bond donors (Lipinski definition) is 1. The molecule has 29 heavy (non-hydrogen) atoms. The molecule has 0 aliphatic carbocycles. The van der Waals surface area contributed by atoms with Crippen molar-refractivity contribution in [3.8, 4) is 17.0 Å². The number of fused-ring (bicyclic) bond motifs is 2. The van der Waals surface area contributed by atoms with Gasteiger partial charge < -0.3 is 5.11 Å². The Morgan fingerprint density at radius 2 is 1.69 bits per heavy atom. The predicted octanol–water partition coefficient (Wildman–Crippen LogP) is 6.62. The van der Waals surface area contributed by atoms with Gasteiger partial charge in [0.05, 0.1) is 21.7 Å². The first-order valence-corrected chi connectivity index (χ1v) is 10.2. The van der Waals surface area contributed by atoms with E-state index in [4.69, 9.17) is 16.6 Å². The maximum absolute atomic E-state index is 9.36. The number of nitrogens with zero attached hydrogens (tertiary/aromatic N) is 3. The van der Waals surface area contributed by atoms with Gasteiger partial charge in [-0.3, -0.25) is 0 Å². The minimum Gasteiger partial charge on any atom is -0.508 e. The second kappa shape index (κ2) is 7.28. The molecule has 0 spiro atoms. The van der Waals surface area contributed by atoms with Crippen molar-refractivity contribution in [1.82, 2.24) is 9.97 Å². The fourth-order valence-electron chi connectivity index (χ4n) is 3.15. The monoisotopic (exact) mass is 415 g/mol. The zero-order valence-corrected chi connectivity index (χ0v) is 16.7. The van der Waals surface area contributed by atoms with E-state index in [9.17, 15) is 5.11 Å². The number of aromatic nitrogens is 2. The van der Waals surface area contributed by atoms with E-state index in [1.165, 1.54) is 11.3 Å². The molecule has 4 nitrogen and oxygen atoms in total. The highest BCUT2D eigenvalue weighted by Gasteiger charge is 2.10. The molecule has 0 radical (unpaired) electrons. The summed E-state index contributed by atoms with van der Waals surface area (Å²) < 4.78 is 0. The Bertz CT molecular complexity index is 1380. The van der Waals surface area contributed by atoms with E-state index < -0.39 is 0 Å². The molecule has 0 aliphatic rings. The maximum atomic E-state index is 9.36. The molecule has 5 aromatic rings. The Labute approximate surface area is 175 Å². The van der Waals surface area contributed by atoms with Crippen molar-refractivity contribution < 1.29 is 5.11 Å². The summed E-state index contributed by atoms with van der Waals surface area (Å²) in [6, 6.07) is 20.7. The number of hydrogen-bond acceptors (Lipinski definition) is 5. The summed E-state index contributed by atoms with van der Waals surface area (Å²) in [5, 5.41) is 14.5. The van der Waals surface area contributed by atoms with Crippen LogP contribution in [0.5, 0.6) is 5.75 Å². The highest BCUT2D eigenvalue weighted by atomic mass is 35.5. The molecular formula is C23H14ClN3OS. The van der Waals surface area contributed by atoms with E-state index in [1.807, 2.05) is 47.8 Å². The second-order valence-corrected chi connectivity index (χ2v) is 7.75. The molecule has 0 saturated heterocycles. The molecule has 0 unspecified atom stereocenters. The van der Waals surface area contributed by atoms with Crippen molar-refractivity contribution >= 4 is 56.1 Å². The summed E-state index contributed by atoms with van der Waals surface area (Å²) in [5.74, 6) is 0.232. The minimum atomic E-state index is 0.232. The standard InChI is InChI=1S/C23H14ClN3OS/c24-22-17-3-1-2-4-19(17)26-20-10-7-15(11-18(20)22)21-13-29-23(27-21)25-12-14-5-8-16(28)9-6-14/h1-13,28H/b25-12+. The van der Waals surface area contributed by atoms with Crippen LogP contribution in [0.2, 0.25) is 5.02 Å². The van der Waals surface area contributed by atoms with Crippen molar-refractivity contribution in [3.63, 3.8) is 0 Å². The number of thiazole rings is 1. The average Bonchev–Trinajstić information content (AvgIpc) is 3.22. The van der Waals surface area contributed by atoms with Crippen molar-refractivity contribution in [2.45, 2.75) is 0 Å². The Morgan fingerprint density at radius 3 is 2.55 bits per heavy atom. The predicted molar refractivity (Wildman–Crippen MR) is 121 cm³/mol. The number of aliphatic imine (C=N–C) groups is 1. The number of benzene rings is 3. The highest BCUT2D eigenvalue weighted by Crippen LogP contribution is 2.34. The lowest BCUT2D eigenvalue weighted by atomic mass is 10.1.